The van der Waals surface area contributed by atoms with Crippen LogP contribution in [0.3, 0.4) is 0 Å². The van der Waals surface area contributed by atoms with Crippen LogP contribution in [0.2, 0.25) is 5.02 Å². The summed E-state index contributed by atoms with van der Waals surface area (Å²) < 4.78 is 0. The van der Waals surface area contributed by atoms with Gasteiger partial charge in [0.2, 0.25) is 0 Å². The van der Waals surface area contributed by atoms with Gasteiger partial charge in [-0.3, -0.25) is 0 Å². The van der Waals surface area contributed by atoms with Crippen molar-refractivity contribution in [2.24, 2.45) is 11.7 Å². The summed E-state index contributed by atoms with van der Waals surface area (Å²) in [7, 11) is 0. The summed E-state index contributed by atoms with van der Waals surface area (Å²) in [6.45, 7) is 2.02. The maximum Gasteiger partial charge on any atom is 0.0676 e. The Morgan fingerprint density at radius 1 is 1.64 bits per heavy atom. The monoisotopic (exact) mass is 211 g/mol. The van der Waals surface area contributed by atoms with Crippen molar-refractivity contribution >= 4 is 11.6 Å². The summed E-state index contributed by atoms with van der Waals surface area (Å²) in [5.41, 5.74) is 7.66. The van der Waals surface area contributed by atoms with Crippen LogP contribution < -0.4 is 5.73 Å². The van der Waals surface area contributed by atoms with Crippen molar-refractivity contribution in [3.63, 3.8) is 0 Å². The van der Waals surface area contributed by atoms with Gasteiger partial charge in [0.15, 0.2) is 0 Å². The van der Waals surface area contributed by atoms with Gasteiger partial charge in [0.25, 0.3) is 0 Å². The van der Waals surface area contributed by atoms with Crippen molar-refractivity contribution in [1.82, 2.24) is 0 Å². The molecule has 3 heteroatoms. The average molecular weight is 212 g/mol. The number of benzene rings is 1. The van der Waals surface area contributed by atoms with Gasteiger partial charge in [0.1, 0.15) is 0 Å². The second-order valence-electron chi connectivity index (χ2n) is 4.07. The minimum atomic E-state index is -0.611. The van der Waals surface area contributed by atoms with E-state index in [-0.39, 0.29) is 12.5 Å². The van der Waals surface area contributed by atoms with Gasteiger partial charge < -0.3 is 10.8 Å². The maximum atomic E-state index is 9.37. The van der Waals surface area contributed by atoms with Crippen LogP contribution in [0.5, 0.6) is 0 Å². The summed E-state index contributed by atoms with van der Waals surface area (Å²) in [4.78, 5) is 0. The van der Waals surface area contributed by atoms with Gasteiger partial charge in [0.05, 0.1) is 12.1 Å². The lowest BCUT2D eigenvalue weighted by Gasteiger charge is -2.27. The Morgan fingerprint density at radius 3 is 3.00 bits per heavy atom. The first-order chi connectivity index (χ1) is 6.59. The largest absolute Gasteiger partial charge is 0.394 e. The van der Waals surface area contributed by atoms with Crippen molar-refractivity contribution in [2.75, 3.05) is 6.61 Å². The molecule has 0 aliphatic heterocycles. The molecule has 14 heavy (non-hydrogen) atoms. The molecule has 1 aromatic rings. The maximum absolute atomic E-state index is 9.37. The first kappa shape index (κ1) is 9.97. The van der Waals surface area contributed by atoms with E-state index in [4.69, 9.17) is 17.3 Å². The van der Waals surface area contributed by atoms with Gasteiger partial charge >= 0.3 is 0 Å². The van der Waals surface area contributed by atoms with Crippen LogP contribution in [-0.2, 0) is 12.0 Å². The second-order valence-corrected chi connectivity index (χ2v) is 4.48. The molecule has 0 saturated carbocycles. The third kappa shape index (κ3) is 1.18. The number of aliphatic hydroxyl groups excluding tert-OH is 1. The van der Waals surface area contributed by atoms with E-state index in [1.165, 1.54) is 0 Å². The highest BCUT2D eigenvalue weighted by atomic mass is 35.5. The van der Waals surface area contributed by atoms with Crippen molar-refractivity contribution < 1.29 is 5.11 Å². The lowest BCUT2D eigenvalue weighted by atomic mass is 9.87. The van der Waals surface area contributed by atoms with Crippen LogP contribution in [0, 0.1) is 5.92 Å². The third-order valence-corrected chi connectivity index (χ3v) is 3.63. The smallest absolute Gasteiger partial charge is 0.0676 e. The van der Waals surface area contributed by atoms with E-state index in [1.807, 2.05) is 25.1 Å². The number of halogens is 1. The van der Waals surface area contributed by atoms with Crippen LogP contribution in [0.4, 0.5) is 0 Å². The van der Waals surface area contributed by atoms with Gasteiger partial charge in [-0.2, -0.15) is 0 Å². The van der Waals surface area contributed by atoms with Crippen molar-refractivity contribution in [1.29, 1.82) is 0 Å². The topological polar surface area (TPSA) is 46.2 Å². The normalized spacial score (nSPS) is 30.4. The summed E-state index contributed by atoms with van der Waals surface area (Å²) in [6.07, 6.45) is 0.853. The fourth-order valence-corrected chi connectivity index (χ4v) is 2.45. The zero-order valence-corrected chi connectivity index (χ0v) is 8.88. The zero-order chi connectivity index (χ0) is 10.3. The SMILES string of the molecule is CC1Cc2c(Cl)cccc2C1(N)CO. The molecule has 1 aliphatic rings. The van der Waals surface area contributed by atoms with Gasteiger partial charge in [-0.15, -0.1) is 0 Å². The Balaban J connectivity index is 2.58. The van der Waals surface area contributed by atoms with E-state index < -0.39 is 5.54 Å². The molecule has 1 aromatic carbocycles. The highest BCUT2D eigenvalue weighted by molar-refractivity contribution is 6.31. The molecule has 2 rings (SSSR count). The summed E-state index contributed by atoms with van der Waals surface area (Å²) in [5.74, 6) is 0.238. The first-order valence-corrected chi connectivity index (χ1v) is 5.15. The Morgan fingerprint density at radius 2 is 2.36 bits per heavy atom. The van der Waals surface area contributed by atoms with E-state index in [1.54, 1.807) is 0 Å². The van der Waals surface area contributed by atoms with Gasteiger partial charge in [-0.1, -0.05) is 30.7 Å². The van der Waals surface area contributed by atoms with Crippen LogP contribution in [-0.4, -0.2) is 11.7 Å². The average Bonchev–Trinajstić information content (AvgIpc) is 2.43. The van der Waals surface area contributed by atoms with Crippen LogP contribution in [0.15, 0.2) is 18.2 Å². The van der Waals surface area contributed by atoms with Crippen molar-refractivity contribution in [3.05, 3.63) is 34.3 Å². The van der Waals surface area contributed by atoms with Gasteiger partial charge in [-0.05, 0) is 29.5 Å². The van der Waals surface area contributed by atoms with Crippen LogP contribution >= 0.6 is 11.6 Å². The Bertz CT molecular complexity index is 366. The molecular weight excluding hydrogens is 198 g/mol. The molecule has 3 N–H and O–H groups in total. The Hall–Kier alpha value is -0.570. The molecule has 0 saturated heterocycles. The molecule has 0 radical (unpaired) electrons. The van der Waals surface area contributed by atoms with Gasteiger partial charge in [0, 0.05) is 5.02 Å². The number of aliphatic hydroxyl groups is 1. The minimum Gasteiger partial charge on any atom is -0.394 e. The van der Waals surface area contributed by atoms with Crippen molar-refractivity contribution in [2.45, 2.75) is 18.9 Å². The number of fused-ring (bicyclic) bond motifs is 1. The molecule has 0 amide bonds. The molecule has 0 heterocycles. The van der Waals surface area contributed by atoms with Gasteiger partial charge in [-0.25, -0.2) is 0 Å². The molecule has 0 bridgehead atoms. The van der Waals surface area contributed by atoms with E-state index in [0.717, 1.165) is 22.6 Å². The fourth-order valence-electron chi connectivity index (χ4n) is 2.20. The molecule has 76 valence electrons. The second kappa shape index (κ2) is 3.23. The molecule has 2 unspecified atom stereocenters. The molecular formula is C11H14ClNO. The zero-order valence-electron chi connectivity index (χ0n) is 8.13. The number of nitrogens with two attached hydrogens (primary N) is 1. The van der Waals surface area contributed by atoms with E-state index in [0.29, 0.717) is 0 Å². The minimum absolute atomic E-state index is 0.0263. The quantitative estimate of drug-likeness (QED) is 0.743. The van der Waals surface area contributed by atoms with Crippen LogP contribution in [0.1, 0.15) is 18.1 Å². The lowest BCUT2D eigenvalue weighted by molar-refractivity contribution is 0.159. The summed E-state index contributed by atoms with van der Waals surface area (Å²) >= 11 is 6.08. The number of rotatable bonds is 1. The predicted molar refractivity (Wildman–Crippen MR) is 57.3 cm³/mol. The molecule has 0 fully saturated rings. The standard InChI is InChI=1S/C11H14ClNO/c1-7-5-8-9(11(7,13)6-14)3-2-4-10(8)12/h2-4,7,14H,5-6,13H2,1H3. The number of hydrogen-bond donors (Lipinski definition) is 2. The Labute approximate surface area is 88.7 Å². The summed E-state index contributed by atoms with van der Waals surface area (Å²) in [5, 5.41) is 10.1. The fraction of sp³-hybridized carbons (Fsp3) is 0.455. The first-order valence-electron chi connectivity index (χ1n) is 4.77. The van der Waals surface area contributed by atoms with E-state index in [9.17, 15) is 5.11 Å². The predicted octanol–water partition coefficient (Wildman–Crippen LogP) is 1.68. The summed E-state index contributed by atoms with van der Waals surface area (Å²) in [6, 6.07) is 5.72. The van der Waals surface area contributed by atoms with E-state index >= 15 is 0 Å². The van der Waals surface area contributed by atoms with Crippen LogP contribution in [0.25, 0.3) is 0 Å². The molecule has 2 nitrogen and oxygen atoms in total. The molecule has 1 aliphatic carbocycles. The number of hydrogen-bond acceptors (Lipinski definition) is 2. The lowest BCUT2D eigenvalue weighted by Crippen LogP contribution is -2.43. The Kier molecular flexibility index (Phi) is 2.30. The third-order valence-electron chi connectivity index (χ3n) is 3.27. The van der Waals surface area contributed by atoms with Crippen molar-refractivity contribution in [3.8, 4) is 0 Å². The highest BCUT2D eigenvalue weighted by Gasteiger charge is 2.41. The molecule has 0 spiro atoms. The highest BCUT2D eigenvalue weighted by Crippen LogP contribution is 2.41. The molecule has 0 aromatic heterocycles. The molecule has 2 atom stereocenters. The van der Waals surface area contributed by atoms with E-state index in [2.05, 4.69) is 0 Å².